The number of hydrogen-bond donors (Lipinski definition) is 2. The Balaban J connectivity index is 3.16. The average molecular weight is 248 g/mol. The summed E-state index contributed by atoms with van der Waals surface area (Å²) in [7, 11) is 1.07. The molecule has 0 aliphatic heterocycles. The van der Waals surface area contributed by atoms with Crippen molar-refractivity contribution >= 4 is 11.8 Å². The Kier molecular flexibility index (Phi) is 3.95. The average Bonchev–Trinajstić information content (AvgIpc) is 2.28. The van der Waals surface area contributed by atoms with Crippen molar-refractivity contribution in [3.05, 3.63) is 29.3 Å². The number of nitrogens with one attached hydrogen (secondary N) is 1. The number of ether oxygens (including phenoxy) is 1. The molecular formula is C10H11F3N2O2. The van der Waals surface area contributed by atoms with Crippen molar-refractivity contribution in [3.63, 3.8) is 0 Å². The molecule has 1 amide bonds. The number of anilines is 1. The molecule has 0 spiro atoms. The number of rotatable bonds is 2. The zero-order chi connectivity index (χ0) is 13.1. The van der Waals surface area contributed by atoms with E-state index in [1.54, 1.807) is 0 Å². The predicted molar refractivity (Wildman–Crippen MR) is 55.4 cm³/mol. The van der Waals surface area contributed by atoms with E-state index in [0.717, 1.165) is 19.2 Å². The smallest absolute Gasteiger partial charge is 0.418 e. The van der Waals surface area contributed by atoms with Crippen molar-refractivity contribution in [2.45, 2.75) is 12.7 Å². The Labute approximate surface area is 95.6 Å². The van der Waals surface area contributed by atoms with Gasteiger partial charge in [-0.15, -0.1) is 0 Å². The van der Waals surface area contributed by atoms with Gasteiger partial charge in [0.25, 0.3) is 0 Å². The number of hydrogen-bond acceptors (Lipinski definition) is 3. The number of carbonyl (C=O) groups is 1. The molecule has 0 fully saturated rings. The van der Waals surface area contributed by atoms with Crippen molar-refractivity contribution in [2.75, 3.05) is 12.4 Å². The summed E-state index contributed by atoms with van der Waals surface area (Å²) in [5.74, 6) is 0. The maximum atomic E-state index is 12.7. The molecule has 1 rings (SSSR count). The second kappa shape index (κ2) is 5.05. The number of nitrogens with two attached hydrogens (primary N) is 1. The van der Waals surface area contributed by atoms with Crippen LogP contribution in [0.1, 0.15) is 11.1 Å². The molecule has 0 radical (unpaired) electrons. The quantitative estimate of drug-likeness (QED) is 0.844. The van der Waals surface area contributed by atoms with Crippen LogP contribution in [0, 0.1) is 0 Å². The van der Waals surface area contributed by atoms with Crippen LogP contribution < -0.4 is 11.1 Å². The number of alkyl halides is 3. The first-order valence-electron chi connectivity index (χ1n) is 4.63. The van der Waals surface area contributed by atoms with Crippen LogP contribution in [0.5, 0.6) is 0 Å². The third kappa shape index (κ3) is 3.35. The first-order valence-corrected chi connectivity index (χ1v) is 4.63. The molecular weight excluding hydrogens is 237 g/mol. The summed E-state index contributed by atoms with van der Waals surface area (Å²) in [6, 6.07) is 3.44. The third-order valence-electron chi connectivity index (χ3n) is 2.05. The largest absolute Gasteiger partial charge is 0.453 e. The Morgan fingerprint density at radius 1 is 1.47 bits per heavy atom. The monoisotopic (exact) mass is 248 g/mol. The van der Waals surface area contributed by atoms with Gasteiger partial charge in [0.05, 0.1) is 18.4 Å². The van der Waals surface area contributed by atoms with E-state index in [4.69, 9.17) is 5.73 Å². The van der Waals surface area contributed by atoms with Gasteiger partial charge in [0.1, 0.15) is 0 Å². The fourth-order valence-electron chi connectivity index (χ4n) is 1.22. The summed E-state index contributed by atoms with van der Waals surface area (Å²) in [6.45, 7) is -0.0123. The molecule has 94 valence electrons. The highest BCUT2D eigenvalue weighted by Gasteiger charge is 2.34. The Morgan fingerprint density at radius 2 is 2.12 bits per heavy atom. The molecule has 0 saturated heterocycles. The highest BCUT2D eigenvalue weighted by molar-refractivity contribution is 5.85. The third-order valence-corrected chi connectivity index (χ3v) is 2.05. The standard InChI is InChI=1S/C10H11F3N2O2/c1-17-9(16)15-8-3-2-6(5-14)4-7(8)10(11,12)13/h2-4H,5,14H2,1H3,(H,15,16). The minimum absolute atomic E-state index is 0.0123. The molecule has 1 aromatic carbocycles. The molecule has 0 aromatic heterocycles. The molecule has 0 saturated carbocycles. The first kappa shape index (κ1) is 13.3. The lowest BCUT2D eigenvalue weighted by molar-refractivity contribution is -0.137. The van der Waals surface area contributed by atoms with E-state index in [-0.39, 0.29) is 12.2 Å². The Bertz CT molecular complexity index is 419. The van der Waals surface area contributed by atoms with Gasteiger partial charge in [-0.25, -0.2) is 4.79 Å². The lowest BCUT2D eigenvalue weighted by Gasteiger charge is -2.14. The van der Waals surface area contributed by atoms with Gasteiger partial charge in [-0.05, 0) is 17.7 Å². The van der Waals surface area contributed by atoms with Gasteiger partial charge in [0, 0.05) is 6.54 Å². The van der Waals surface area contributed by atoms with Gasteiger partial charge < -0.3 is 10.5 Å². The van der Waals surface area contributed by atoms with Crippen LogP contribution >= 0.6 is 0 Å². The number of benzene rings is 1. The van der Waals surface area contributed by atoms with E-state index in [9.17, 15) is 18.0 Å². The summed E-state index contributed by atoms with van der Waals surface area (Å²) < 4.78 is 42.3. The van der Waals surface area contributed by atoms with Crippen LogP contribution in [0.2, 0.25) is 0 Å². The van der Waals surface area contributed by atoms with Crippen LogP contribution in [0.4, 0.5) is 23.7 Å². The summed E-state index contributed by atoms with van der Waals surface area (Å²) in [4.78, 5) is 10.9. The lowest BCUT2D eigenvalue weighted by Crippen LogP contribution is -2.17. The zero-order valence-corrected chi connectivity index (χ0v) is 8.97. The normalized spacial score (nSPS) is 11.1. The van der Waals surface area contributed by atoms with Crippen LogP contribution in [0.3, 0.4) is 0 Å². The maximum Gasteiger partial charge on any atom is 0.418 e. The maximum absolute atomic E-state index is 12.7. The van der Waals surface area contributed by atoms with Crippen molar-refractivity contribution in [1.82, 2.24) is 0 Å². The number of carbonyl (C=O) groups excluding carboxylic acids is 1. The van der Waals surface area contributed by atoms with E-state index in [2.05, 4.69) is 4.74 Å². The molecule has 1 aromatic rings. The van der Waals surface area contributed by atoms with Crippen LogP contribution in [0.15, 0.2) is 18.2 Å². The summed E-state index contributed by atoms with van der Waals surface area (Å²) in [5, 5.41) is 2.00. The van der Waals surface area contributed by atoms with Crippen molar-refractivity contribution in [2.24, 2.45) is 5.73 Å². The SMILES string of the molecule is COC(=O)Nc1ccc(CN)cc1C(F)(F)F. The van der Waals surface area contributed by atoms with E-state index >= 15 is 0 Å². The molecule has 3 N–H and O–H groups in total. The minimum Gasteiger partial charge on any atom is -0.453 e. The fraction of sp³-hybridized carbons (Fsp3) is 0.300. The van der Waals surface area contributed by atoms with E-state index in [0.29, 0.717) is 5.56 Å². The van der Waals surface area contributed by atoms with Gasteiger partial charge in [-0.2, -0.15) is 13.2 Å². The molecule has 17 heavy (non-hydrogen) atoms. The summed E-state index contributed by atoms with van der Waals surface area (Å²) in [6.07, 6.45) is -5.53. The number of halogens is 3. The number of methoxy groups -OCH3 is 1. The fourth-order valence-corrected chi connectivity index (χ4v) is 1.22. The minimum atomic E-state index is -4.57. The predicted octanol–water partition coefficient (Wildman–Crippen LogP) is 2.34. The summed E-state index contributed by atoms with van der Waals surface area (Å²) >= 11 is 0. The highest BCUT2D eigenvalue weighted by Crippen LogP contribution is 2.35. The Hall–Kier alpha value is -1.76. The first-order chi connectivity index (χ1) is 7.88. The van der Waals surface area contributed by atoms with E-state index in [1.807, 2.05) is 5.32 Å². The van der Waals surface area contributed by atoms with E-state index < -0.39 is 17.8 Å². The number of amides is 1. The van der Waals surface area contributed by atoms with Gasteiger partial charge in [-0.3, -0.25) is 5.32 Å². The molecule has 0 atom stereocenters. The van der Waals surface area contributed by atoms with Gasteiger partial charge in [-0.1, -0.05) is 6.07 Å². The van der Waals surface area contributed by atoms with Crippen LogP contribution in [-0.4, -0.2) is 13.2 Å². The molecule has 0 heterocycles. The van der Waals surface area contributed by atoms with Gasteiger partial charge in [0.15, 0.2) is 0 Å². The Morgan fingerprint density at radius 3 is 2.59 bits per heavy atom. The van der Waals surface area contributed by atoms with E-state index in [1.165, 1.54) is 6.07 Å². The van der Waals surface area contributed by atoms with Crippen molar-refractivity contribution in [1.29, 1.82) is 0 Å². The molecule has 0 aliphatic carbocycles. The molecule has 7 heteroatoms. The zero-order valence-electron chi connectivity index (χ0n) is 8.97. The lowest BCUT2D eigenvalue weighted by atomic mass is 10.1. The molecule has 0 aliphatic rings. The molecule has 0 unspecified atom stereocenters. The van der Waals surface area contributed by atoms with Crippen LogP contribution in [-0.2, 0) is 17.5 Å². The second-order valence-corrected chi connectivity index (χ2v) is 3.20. The summed E-state index contributed by atoms with van der Waals surface area (Å²) in [5.41, 5.74) is 4.27. The second-order valence-electron chi connectivity index (χ2n) is 3.20. The highest BCUT2D eigenvalue weighted by atomic mass is 19.4. The van der Waals surface area contributed by atoms with Crippen LogP contribution in [0.25, 0.3) is 0 Å². The van der Waals surface area contributed by atoms with Crippen molar-refractivity contribution in [3.8, 4) is 0 Å². The molecule has 4 nitrogen and oxygen atoms in total. The molecule has 0 bridgehead atoms. The topological polar surface area (TPSA) is 64.3 Å². The van der Waals surface area contributed by atoms with Crippen molar-refractivity contribution < 1.29 is 22.7 Å². The van der Waals surface area contributed by atoms with Gasteiger partial charge in [0.2, 0.25) is 0 Å². The van der Waals surface area contributed by atoms with Gasteiger partial charge >= 0.3 is 12.3 Å².